The summed E-state index contributed by atoms with van der Waals surface area (Å²) in [5.41, 5.74) is 8.56. The third-order valence-electron chi connectivity index (χ3n) is 1.56. The van der Waals surface area contributed by atoms with Crippen LogP contribution in [0.3, 0.4) is 0 Å². The van der Waals surface area contributed by atoms with Gasteiger partial charge in [-0.15, -0.1) is 0 Å². The summed E-state index contributed by atoms with van der Waals surface area (Å²) in [5, 5.41) is 0. The van der Waals surface area contributed by atoms with E-state index in [2.05, 4.69) is 11.6 Å². The molecule has 3 N–H and O–H groups in total. The van der Waals surface area contributed by atoms with E-state index in [1.165, 1.54) is 0 Å². The largest absolute Gasteiger partial charge is 0.397 e. The number of allylic oxidation sites excluding steroid dienone is 2. The molecule has 2 heteroatoms. The topological polar surface area (TPSA) is 41.8 Å². The van der Waals surface area contributed by atoms with Crippen molar-refractivity contribution in [3.8, 4) is 0 Å². The van der Waals surface area contributed by atoms with E-state index in [0.717, 1.165) is 16.9 Å². The second-order valence-corrected chi connectivity index (χ2v) is 2.39. The molecule has 11 heavy (non-hydrogen) atoms. The average molecular weight is 148 g/mol. The maximum Gasteiger partial charge on any atom is 0.0616 e. The maximum atomic E-state index is 5.73. The number of nitrogens with one attached hydrogen (secondary N) is 1. The van der Waals surface area contributed by atoms with Gasteiger partial charge in [-0.1, -0.05) is 18.7 Å². The summed E-state index contributed by atoms with van der Waals surface area (Å²) >= 11 is 0. The van der Waals surface area contributed by atoms with Gasteiger partial charge >= 0.3 is 0 Å². The van der Waals surface area contributed by atoms with Gasteiger partial charge in [0.25, 0.3) is 0 Å². The summed E-state index contributed by atoms with van der Waals surface area (Å²) < 4.78 is 0. The third kappa shape index (κ3) is 1.52. The molecule has 0 aliphatic rings. The van der Waals surface area contributed by atoms with Crippen molar-refractivity contribution in [1.29, 1.82) is 0 Å². The zero-order valence-electron chi connectivity index (χ0n) is 6.59. The Morgan fingerprint density at radius 2 is 2.36 bits per heavy atom. The number of rotatable bonds is 2. The zero-order valence-corrected chi connectivity index (χ0v) is 6.59. The van der Waals surface area contributed by atoms with Crippen LogP contribution in [0.5, 0.6) is 0 Å². The quantitative estimate of drug-likeness (QED) is 0.619. The highest BCUT2D eigenvalue weighted by Crippen LogP contribution is 2.16. The minimum absolute atomic E-state index is 0.808. The first-order valence-corrected chi connectivity index (χ1v) is 3.48. The molecule has 0 amide bonds. The number of H-pyrrole nitrogens is 1. The predicted octanol–water partition coefficient (Wildman–Crippen LogP) is 2.10. The van der Waals surface area contributed by atoms with Crippen molar-refractivity contribution in [1.82, 2.24) is 4.98 Å². The van der Waals surface area contributed by atoms with Gasteiger partial charge in [-0.25, -0.2) is 0 Å². The Hall–Kier alpha value is -1.44. The smallest absolute Gasteiger partial charge is 0.0616 e. The van der Waals surface area contributed by atoms with Gasteiger partial charge in [0.2, 0.25) is 0 Å². The highest BCUT2D eigenvalue weighted by molar-refractivity contribution is 5.65. The predicted molar refractivity (Wildman–Crippen MR) is 49.2 cm³/mol. The number of aryl methyl sites for hydroxylation is 1. The van der Waals surface area contributed by atoms with Gasteiger partial charge in [-0.3, -0.25) is 0 Å². The Morgan fingerprint density at radius 1 is 1.64 bits per heavy atom. The molecule has 1 heterocycles. The normalized spacial score (nSPS) is 10.6. The van der Waals surface area contributed by atoms with Crippen molar-refractivity contribution in [2.75, 3.05) is 5.73 Å². The van der Waals surface area contributed by atoms with Gasteiger partial charge in [0, 0.05) is 6.20 Å². The summed E-state index contributed by atoms with van der Waals surface area (Å²) in [6.07, 6.45) is 7.35. The van der Waals surface area contributed by atoms with Crippen LogP contribution in [0.2, 0.25) is 0 Å². The van der Waals surface area contributed by atoms with Crippen LogP contribution in [-0.4, -0.2) is 4.98 Å². The van der Waals surface area contributed by atoms with Crippen LogP contribution >= 0.6 is 0 Å². The third-order valence-corrected chi connectivity index (χ3v) is 1.56. The van der Waals surface area contributed by atoms with Gasteiger partial charge in [-0.05, 0) is 18.6 Å². The van der Waals surface area contributed by atoms with E-state index in [1.807, 2.05) is 25.3 Å². The molecule has 0 unspecified atom stereocenters. The number of nitrogens with two attached hydrogens (primary N) is 1. The lowest BCUT2D eigenvalue weighted by atomic mass is 10.2. The molecule has 0 radical (unpaired) electrons. The molecule has 0 atom stereocenters. The first-order valence-electron chi connectivity index (χ1n) is 3.48. The molecule has 1 rings (SSSR count). The molecule has 0 fully saturated rings. The lowest BCUT2D eigenvalue weighted by Crippen LogP contribution is -1.86. The highest BCUT2D eigenvalue weighted by Gasteiger charge is 1.98. The molecule has 0 saturated heterocycles. The van der Waals surface area contributed by atoms with E-state index in [9.17, 15) is 0 Å². The summed E-state index contributed by atoms with van der Waals surface area (Å²) in [4.78, 5) is 3.05. The van der Waals surface area contributed by atoms with E-state index < -0.39 is 0 Å². The van der Waals surface area contributed by atoms with E-state index >= 15 is 0 Å². The zero-order chi connectivity index (χ0) is 8.27. The number of anilines is 1. The van der Waals surface area contributed by atoms with Gasteiger partial charge < -0.3 is 10.7 Å². The van der Waals surface area contributed by atoms with Crippen molar-refractivity contribution >= 4 is 11.8 Å². The van der Waals surface area contributed by atoms with E-state index in [4.69, 9.17) is 5.73 Å². The second kappa shape index (κ2) is 3.10. The fraction of sp³-hybridized carbons (Fsp3) is 0.111. The van der Waals surface area contributed by atoms with Gasteiger partial charge in [0.15, 0.2) is 0 Å². The lowest BCUT2D eigenvalue weighted by Gasteiger charge is -1.90. The summed E-state index contributed by atoms with van der Waals surface area (Å²) in [6, 6.07) is 0. The summed E-state index contributed by atoms with van der Waals surface area (Å²) in [7, 11) is 0. The van der Waals surface area contributed by atoms with Crippen LogP contribution in [0.15, 0.2) is 24.9 Å². The van der Waals surface area contributed by atoms with Crippen molar-refractivity contribution in [2.45, 2.75) is 6.92 Å². The molecule has 2 nitrogen and oxygen atoms in total. The highest BCUT2D eigenvalue weighted by atomic mass is 14.8. The average Bonchev–Trinajstić information content (AvgIpc) is 2.31. The molecular formula is C9H12N2. The molecule has 0 bridgehead atoms. The van der Waals surface area contributed by atoms with Crippen LogP contribution in [0, 0.1) is 6.92 Å². The summed E-state index contributed by atoms with van der Waals surface area (Å²) in [6.45, 7) is 5.54. The minimum Gasteiger partial charge on any atom is -0.397 e. The molecule has 0 spiro atoms. The number of aromatic nitrogens is 1. The van der Waals surface area contributed by atoms with E-state index in [1.54, 1.807) is 6.08 Å². The Kier molecular flexibility index (Phi) is 2.16. The van der Waals surface area contributed by atoms with Crippen LogP contribution < -0.4 is 5.73 Å². The van der Waals surface area contributed by atoms with Crippen LogP contribution in [0.25, 0.3) is 6.08 Å². The molecule has 0 aliphatic heterocycles. The first kappa shape index (κ1) is 7.66. The lowest BCUT2D eigenvalue weighted by molar-refractivity contribution is 1.36. The monoisotopic (exact) mass is 148 g/mol. The molecule has 1 aromatic rings. The Morgan fingerprint density at radius 3 is 2.82 bits per heavy atom. The maximum absolute atomic E-state index is 5.73. The second-order valence-electron chi connectivity index (χ2n) is 2.39. The Labute approximate surface area is 66.4 Å². The number of aromatic amines is 1. The molecular weight excluding hydrogens is 136 g/mol. The van der Waals surface area contributed by atoms with E-state index in [-0.39, 0.29) is 0 Å². The van der Waals surface area contributed by atoms with Crippen LogP contribution in [0.4, 0.5) is 5.69 Å². The van der Waals surface area contributed by atoms with E-state index in [0.29, 0.717) is 0 Å². The molecule has 58 valence electrons. The van der Waals surface area contributed by atoms with Crippen molar-refractivity contribution < 1.29 is 0 Å². The molecule has 0 saturated carbocycles. The fourth-order valence-electron chi connectivity index (χ4n) is 0.856. The molecule has 0 aromatic carbocycles. The number of hydrogen-bond acceptors (Lipinski definition) is 1. The number of hydrogen-bond donors (Lipinski definition) is 2. The SMILES string of the molecule is C=C/C=C\c1[nH]cc(C)c1N. The Bertz CT molecular complexity index is 282. The van der Waals surface area contributed by atoms with Crippen LogP contribution in [0.1, 0.15) is 11.3 Å². The van der Waals surface area contributed by atoms with Crippen molar-refractivity contribution in [3.63, 3.8) is 0 Å². The summed E-state index contributed by atoms with van der Waals surface area (Å²) in [5.74, 6) is 0. The molecule has 1 aromatic heterocycles. The fourth-order valence-corrected chi connectivity index (χ4v) is 0.856. The molecule has 0 aliphatic carbocycles. The van der Waals surface area contributed by atoms with Gasteiger partial charge in [-0.2, -0.15) is 0 Å². The van der Waals surface area contributed by atoms with Crippen LogP contribution in [-0.2, 0) is 0 Å². The van der Waals surface area contributed by atoms with Gasteiger partial charge in [0.1, 0.15) is 0 Å². The first-order chi connectivity index (χ1) is 5.25. The van der Waals surface area contributed by atoms with Gasteiger partial charge in [0.05, 0.1) is 11.4 Å². The standard InChI is InChI=1S/C9H12N2/c1-3-4-5-8-9(10)7(2)6-11-8/h3-6,11H,1,10H2,2H3/b5-4-. The number of nitrogen functional groups attached to an aromatic ring is 1. The Balaban J connectivity index is 2.95. The minimum atomic E-state index is 0.808. The van der Waals surface area contributed by atoms with Crippen molar-refractivity contribution in [2.24, 2.45) is 0 Å². The van der Waals surface area contributed by atoms with Crippen molar-refractivity contribution in [3.05, 3.63) is 36.2 Å².